The maximum Gasteiger partial charge on any atom is 0.266 e. The highest BCUT2D eigenvalue weighted by Gasteiger charge is 2.19. The lowest BCUT2D eigenvalue weighted by Crippen LogP contribution is -2.17. The van der Waals surface area contributed by atoms with Crippen molar-refractivity contribution in [2.75, 3.05) is 26.1 Å². The first-order chi connectivity index (χ1) is 14.5. The Balaban J connectivity index is 1.82. The summed E-state index contributed by atoms with van der Waals surface area (Å²) < 4.78 is 18.4. The van der Waals surface area contributed by atoms with Gasteiger partial charge in [-0.2, -0.15) is 5.26 Å². The van der Waals surface area contributed by atoms with E-state index in [0.717, 1.165) is 42.9 Å². The Morgan fingerprint density at radius 2 is 2.13 bits per heavy atom. The maximum absolute atomic E-state index is 12.7. The van der Waals surface area contributed by atoms with Gasteiger partial charge in [0.2, 0.25) is 0 Å². The van der Waals surface area contributed by atoms with Gasteiger partial charge in [0.1, 0.15) is 23.1 Å². The van der Waals surface area contributed by atoms with Gasteiger partial charge in [0.25, 0.3) is 5.91 Å². The van der Waals surface area contributed by atoms with Crippen molar-refractivity contribution < 1.29 is 19.0 Å². The number of carbonyl (C=O) groups excluding carboxylic acids is 1. The molecule has 1 aliphatic rings. The molecule has 2 aromatic rings. The molecule has 1 amide bonds. The van der Waals surface area contributed by atoms with Crippen molar-refractivity contribution in [2.24, 2.45) is 0 Å². The molecule has 1 atom stereocenters. The number of benzene rings is 1. The summed E-state index contributed by atoms with van der Waals surface area (Å²) in [7, 11) is 3.06. The molecule has 1 aliphatic heterocycles. The van der Waals surface area contributed by atoms with Crippen LogP contribution in [0.4, 0.5) is 5.69 Å². The van der Waals surface area contributed by atoms with Gasteiger partial charge in [0.05, 0.1) is 26.0 Å². The molecule has 1 aromatic heterocycles. The fraction of sp³-hybridized carbons (Fsp3) is 0.391. The molecule has 0 radical (unpaired) electrons. The highest BCUT2D eigenvalue weighted by molar-refractivity contribution is 6.10. The van der Waals surface area contributed by atoms with E-state index in [1.807, 2.05) is 26.0 Å². The van der Waals surface area contributed by atoms with Crippen LogP contribution in [0.1, 0.15) is 29.8 Å². The lowest BCUT2D eigenvalue weighted by Gasteiger charge is -2.14. The first-order valence-corrected chi connectivity index (χ1v) is 9.90. The van der Waals surface area contributed by atoms with Crippen LogP contribution in [0.2, 0.25) is 0 Å². The summed E-state index contributed by atoms with van der Waals surface area (Å²) in [5, 5.41) is 12.3. The van der Waals surface area contributed by atoms with Crippen molar-refractivity contribution in [3.8, 4) is 17.6 Å². The number of nitriles is 1. The van der Waals surface area contributed by atoms with Crippen molar-refractivity contribution in [2.45, 2.75) is 39.3 Å². The van der Waals surface area contributed by atoms with Gasteiger partial charge in [-0.1, -0.05) is 0 Å². The number of nitrogens with zero attached hydrogens (tertiary/aromatic N) is 2. The summed E-state index contributed by atoms with van der Waals surface area (Å²) in [6.07, 6.45) is 3.98. The molecule has 1 fully saturated rings. The summed E-state index contributed by atoms with van der Waals surface area (Å²) in [4.78, 5) is 12.7. The van der Waals surface area contributed by atoms with Crippen LogP contribution in [0.15, 0.2) is 29.8 Å². The zero-order valence-corrected chi connectivity index (χ0v) is 17.8. The Morgan fingerprint density at radius 1 is 1.33 bits per heavy atom. The molecule has 1 N–H and O–H groups in total. The average Bonchev–Trinajstić information content (AvgIpc) is 3.36. The Bertz CT molecular complexity index is 995. The van der Waals surface area contributed by atoms with Crippen LogP contribution >= 0.6 is 0 Å². The van der Waals surface area contributed by atoms with Crippen LogP contribution < -0.4 is 14.8 Å². The van der Waals surface area contributed by atoms with Crippen LogP contribution in [0.5, 0.6) is 11.5 Å². The number of ether oxygens (including phenoxy) is 3. The Morgan fingerprint density at radius 3 is 2.77 bits per heavy atom. The third-order valence-electron chi connectivity index (χ3n) is 5.34. The highest BCUT2D eigenvalue weighted by Crippen LogP contribution is 2.29. The quantitative estimate of drug-likeness (QED) is 0.555. The van der Waals surface area contributed by atoms with E-state index in [9.17, 15) is 10.1 Å². The average molecular weight is 409 g/mol. The van der Waals surface area contributed by atoms with Crippen LogP contribution in [-0.2, 0) is 16.1 Å². The van der Waals surface area contributed by atoms with Crippen LogP contribution in [0.25, 0.3) is 6.08 Å². The monoisotopic (exact) mass is 409 g/mol. The maximum atomic E-state index is 12.7. The van der Waals surface area contributed by atoms with E-state index in [4.69, 9.17) is 14.2 Å². The lowest BCUT2D eigenvalue weighted by atomic mass is 10.1. The Kier molecular flexibility index (Phi) is 6.80. The molecule has 7 heteroatoms. The fourth-order valence-corrected chi connectivity index (χ4v) is 3.64. The standard InChI is InChI=1S/C23H27N3O4/c1-15-10-17(16(2)26(15)14-20-6-5-9-30-20)11-18(13-24)23(27)25-21-8-7-19(28-3)12-22(21)29-4/h7-8,10-12,20H,5-6,9,14H2,1-4H3,(H,25,27)/b18-11+/t20-/m0/s1. The molecule has 0 saturated carbocycles. The van der Waals surface area contributed by atoms with Gasteiger partial charge in [-0.25, -0.2) is 0 Å². The molecule has 0 bridgehead atoms. The first kappa shape index (κ1) is 21.5. The van der Waals surface area contributed by atoms with Gasteiger partial charge in [0.15, 0.2) is 0 Å². The van der Waals surface area contributed by atoms with E-state index < -0.39 is 5.91 Å². The minimum Gasteiger partial charge on any atom is -0.497 e. The number of hydrogen-bond acceptors (Lipinski definition) is 5. The minimum atomic E-state index is -0.495. The summed E-state index contributed by atoms with van der Waals surface area (Å²) in [5.41, 5.74) is 3.41. The topological polar surface area (TPSA) is 85.5 Å². The molecule has 0 aliphatic carbocycles. The molecule has 0 unspecified atom stereocenters. The molecular weight excluding hydrogens is 382 g/mol. The lowest BCUT2D eigenvalue weighted by molar-refractivity contribution is -0.112. The zero-order valence-electron chi connectivity index (χ0n) is 17.8. The van der Waals surface area contributed by atoms with Gasteiger partial charge in [0, 0.05) is 30.6 Å². The fourth-order valence-electron chi connectivity index (χ4n) is 3.64. The number of rotatable bonds is 7. The number of aryl methyl sites for hydroxylation is 1. The number of amides is 1. The zero-order chi connectivity index (χ0) is 21.7. The number of carbonyl (C=O) groups is 1. The van der Waals surface area contributed by atoms with Crippen molar-refractivity contribution in [1.82, 2.24) is 4.57 Å². The predicted octanol–water partition coefficient (Wildman–Crippen LogP) is 3.85. The van der Waals surface area contributed by atoms with Crippen molar-refractivity contribution in [3.63, 3.8) is 0 Å². The summed E-state index contributed by atoms with van der Waals surface area (Å²) in [5.74, 6) is 0.569. The molecule has 30 heavy (non-hydrogen) atoms. The number of hydrogen-bond donors (Lipinski definition) is 1. The van der Waals surface area contributed by atoms with E-state index in [1.165, 1.54) is 7.11 Å². The largest absolute Gasteiger partial charge is 0.497 e. The Hall–Kier alpha value is -3.24. The smallest absolute Gasteiger partial charge is 0.266 e. The predicted molar refractivity (Wildman–Crippen MR) is 115 cm³/mol. The molecular formula is C23H27N3O4. The second-order valence-electron chi connectivity index (χ2n) is 7.26. The number of methoxy groups -OCH3 is 2. The van der Waals surface area contributed by atoms with Crippen molar-refractivity contribution in [3.05, 3.63) is 46.8 Å². The van der Waals surface area contributed by atoms with Gasteiger partial charge in [-0.3, -0.25) is 4.79 Å². The van der Waals surface area contributed by atoms with Gasteiger partial charge in [-0.05, 0) is 56.5 Å². The van der Waals surface area contributed by atoms with Crippen LogP contribution in [0.3, 0.4) is 0 Å². The molecule has 1 aromatic carbocycles. The number of aromatic nitrogens is 1. The van der Waals surface area contributed by atoms with E-state index in [2.05, 4.69) is 9.88 Å². The van der Waals surface area contributed by atoms with Gasteiger partial charge >= 0.3 is 0 Å². The normalized spacial score (nSPS) is 16.2. The highest BCUT2D eigenvalue weighted by atomic mass is 16.5. The van der Waals surface area contributed by atoms with E-state index in [1.54, 1.807) is 31.4 Å². The first-order valence-electron chi connectivity index (χ1n) is 9.90. The summed E-state index contributed by atoms with van der Waals surface area (Å²) in [6.45, 7) is 5.60. The third kappa shape index (κ3) is 4.66. The summed E-state index contributed by atoms with van der Waals surface area (Å²) >= 11 is 0. The van der Waals surface area contributed by atoms with Crippen molar-refractivity contribution >= 4 is 17.7 Å². The van der Waals surface area contributed by atoms with Crippen LogP contribution in [-0.4, -0.2) is 37.4 Å². The van der Waals surface area contributed by atoms with E-state index in [-0.39, 0.29) is 11.7 Å². The molecule has 2 heterocycles. The minimum absolute atomic E-state index is 0.0187. The molecule has 3 rings (SSSR count). The second kappa shape index (κ2) is 9.51. The second-order valence-corrected chi connectivity index (χ2v) is 7.26. The van der Waals surface area contributed by atoms with Gasteiger partial charge < -0.3 is 24.1 Å². The molecule has 7 nitrogen and oxygen atoms in total. The Labute approximate surface area is 176 Å². The van der Waals surface area contributed by atoms with E-state index >= 15 is 0 Å². The number of anilines is 1. The number of nitrogens with one attached hydrogen (secondary N) is 1. The molecule has 158 valence electrons. The van der Waals surface area contributed by atoms with Crippen LogP contribution in [0, 0.1) is 25.2 Å². The molecule has 1 saturated heterocycles. The SMILES string of the molecule is COc1ccc(NC(=O)/C(C#N)=C/c2cc(C)n(C[C@@H]3CCCO3)c2C)c(OC)c1. The van der Waals surface area contributed by atoms with Gasteiger partial charge in [-0.15, -0.1) is 0 Å². The van der Waals surface area contributed by atoms with Crippen molar-refractivity contribution in [1.29, 1.82) is 5.26 Å². The van der Waals surface area contributed by atoms with E-state index in [0.29, 0.717) is 17.2 Å². The summed E-state index contributed by atoms with van der Waals surface area (Å²) in [6, 6.07) is 9.06. The third-order valence-corrected chi connectivity index (χ3v) is 5.34. The molecule has 0 spiro atoms.